The highest BCUT2D eigenvalue weighted by molar-refractivity contribution is 6.03. The van der Waals surface area contributed by atoms with Crippen LogP contribution in [-0.4, -0.2) is 18.9 Å². The van der Waals surface area contributed by atoms with Crippen molar-refractivity contribution in [3.8, 4) is 0 Å². The van der Waals surface area contributed by atoms with E-state index in [0.717, 1.165) is 5.56 Å². The van der Waals surface area contributed by atoms with E-state index in [1.807, 2.05) is 37.3 Å². The number of anilines is 1. The van der Waals surface area contributed by atoms with Crippen LogP contribution in [0.1, 0.15) is 35.2 Å². The van der Waals surface area contributed by atoms with Gasteiger partial charge in [0, 0.05) is 13.5 Å². The van der Waals surface area contributed by atoms with Gasteiger partial charge in [-0.3, -0.25) is 9.59 Å². The Morgan fingerprint density at radius 2 is 1.64 bits per heavy atom. The number of nitrogens with one attached hydrogen (secondary N) is 2. The lowest BCUT2D eigenvalue weighted by Gasteiger charge is -2.13. The molecule has 0 spiro atoms. The Labute approximate surface area is 130 Å². The van der Waals surface area contributed by atoms with Gasteiger partial charge < -0.3 is 10.6 Å². The fourth-order valence-corrected chi connectivity index (χ4v) is 2.30. The molecule has 22 heavy (non-hydrogen) atoms. The van der Waals surface area contributed by atoms with Crippen molar-refractivity contribution >= 4 is 17.5 Å². The van der Waals surface area contributed by atoms with Crippen LogP contribution >= 0.6 is 0 Å². The first kappa shape index (κ1) is 15.8. The Kier molecular flexibility index (Phi) is 5.31. The van der Waals surface area contributed by atoms with Crippen LogP contribution in [0.25, 0.3) is 0 Å². The molecule has 0 bridgehead atoms. The van der Waals surface area contributed by atoms with Crippen LogP contribution in [0.15, 0.2) is 54.6 Å². The lowest BCUT2D eigenvalue weighted by atomic mass is 9.97. The highest BCUT2D eigenvalue weighted by atomic mass is 16.2. The molecule has 0 fully saturated rings. The van der Waals surface area contributed by atoms with Crippen LogP contribution in [0, 0.1) is 0 Å². The molecular weight excluding hydrogens is 276 g/mol. The second-order valence-electron chi connectivity index (χ2n) is 5.19. The maximum Gasteiger partial charge on any atom is 0.253 e. The third kappa shape index (κ3) is 3.95. The molecule has 0 aliphatic rings. The number of carbonyl (C=O) groups excluding carboxylic acids is 2. The van der Waals surface area contributed by atoms with Crippen molar-refractivity contribution in [2.24, 2.45) is 0 Å². The average Bonchev–Trinajstić information content (AvgIpc) is 2.55. The molecule has 4 heteroatoms. The predicted molar refractivity (Wildman–Crippen MR) is 87.9 cm³/mol. The molecule has 0 saturated carbocycles. The molecule has 114 valence electrons. The average molecular weight is 296 g/mol. The van der Waals surface area contributed by atoms with Crippen molar-refractivity contribution in [2.45, 2.75) is 19.3 Å². The van der Waals surface area contributed by atoms with Crippen molar-refractivity contribution < 1.29 is 9.59 Å². The maximum absolute atomic E-state index is 12.2. The van der Waals surface area contributed by atoms with Crippen molar-refractivity contribution in [1.29, 1.82) is 0 Å². The van der Waals surface area contributed by atoms with Gasteiger partial charge in [0.2, 0.25) is 5.91 Å². The zero-order valence-electron chi connectivity index (χ0n) is 12.8. The molecule has 2 aromatic carbocycles. The van der Waals surface area contributed by atoms with E-state index in [-0.39, 0.29) is 17.7 Å². The normalized spacial score (nSPS) is 11.5. The first-order valence-corrected chi connectivity index (χ1v) is 7.27. The third-order valence-corrected chi connectivity index (χ3v) is 3.53. The fourth-order valence-electron chi connectivity index (χ4n) is 2.30. The molecular formula is C18H20N2O2. The largest absolute Gasteiger partial charge is 0.355 e. The van der Waals surface area contributed by atoms with Gasteiger partial charge in [0.25, 0.3) is 5.91 Å². The lowest BCUT2D eigenvalue weighted by molar-refractivity contribution is -0.116. The van der Waals surface area contributed by atoms with Crippen LogP contribution in [0.3, 0.4) is 0 Å². The minimum absolute atomic E-state index is 0.104. The van der Waals surface area contributed by atoms with Gasteiger partial charge >= 0.3 is 0 Å². The van der Waals surface area contributed by atoms with Crippen LogP contribution in [-0.2, 0) is 4.79 Å². The molecule has 4 nitrogen and oxygen atoms in total. The van der Waals surface area contributed by atoms with E-state index in [9.17, 15) is 9.59 Å². The number of hydrogen-bond acceptors (Lipinski definition) is 2. The number of rotatable bonds is 5. The molecule has 2 N–H and O–H groups in total. The SMILES string of the molecule is CNC(=O)c1ccccc1NC(=O)CC(C)c1ccccc1. The minimum atomic E-state index is -0.216. The van der Waals surface area contributed by atoms with Crippen molar-refractivity contribution in [3.63, 3.8) is 0 Å². The summed E-state index contributed by atoms with van der Waals surface area (Å²) in [5, 5.41) is 5.40. The summed E-state index contributed by atoms with van der Waals surface area (Å²) in [5.41, 5.74) is 2.12. The minimum Gasteiger partial charge on any atom is -0.355 e. The Morgan fingerprint density at radius 1 is 1.00 bits per heavy atom. The number of carbonyl (C=O) groups is 2. The molecule has 0 aromatic heterocycles. The molecule has 1 unspecified atom stereocenters. The van der Waals surface area contributed by atoms with Crippen LogP contribution in [0.5, 0.6) is 0 Å². The molecule has 0 saturated heterocycles. The highest BCUT2D eigenvalue weighted by Crippen LogP contribution is 2.20. The van der Waals surface area contributed by atoms with Gasteiger partial charge in [-0.2, -0.15) is 0 Å². The Bertz CT molecular complexity index is 653. The van der Waals surface area contributed by atoms with Gasteiger partial charge in [0.1, 0.15) is 0 Å². The van der Waals surface area contributed by atoms with Crippen molar-refractivity contribution in [1.82, 2.24) is 5.32 Å². The van der Waals surface area contributed by atoms with Crippen LogP contribution in [0.2, 0.25) is 0 Å². The maximum atomic E-state index is 12.2. The molecule has 0 radical (unpaired) electrons. The van der Waals surface area contributed by atoms with E-state index < -0.39 is 0 Å². The second-order valence-corrected chi connectivity index (χ2v) is 5.19. The zero-order valence-corrected chi connectivity index (χ0v) is 12.8. The molecule has 0 aliphatic carbocycles. The van der Waals surface area contributed by atoms with Crippen LogP contribution < -0.4 is 10.6 Å². The standard InChI is InChI=1S/C18H20N2O2/c1-13(14-8-4-3-5-9-14)12-17(21)20-16-11-7-6-10-15(16)18(22)19-2/h3-11,13H,12H2,1-2H3,(H,19,22)(H,20,21). The van der Waals surface area contributed by atoms with Gasteiger partial charge in [-0.25, -0.2) is 0 Å². The summed E-state index contributed by atoms with van der Waals surface area (Å²) in [6.45, 7) is 2.01. The summed E-state index contributed by atoms with van der Waals surface area (Å²) in [6, 6.07) is 16.9. The predicted octanol–water partition coefficient (Wildman–Crippen LogP) is 3.18. The fraction of sp³-hybridized carbons (Fsp3) is 0.222. The summed E-state index contributed by atoms with van der Waals surface area (Å²) in [7, 11) is 1.57. The topological polar surface area (TPSA) is 58.2 Å². The first-order chi connectivity index (χ1) is 10.6. The quantitative estimate of drug-likeness (QED) is 0.890. The summed E-state index contributed by atoms with van der Waals surface area (Å²) in [5.74, 6) is -0.201. The van der Waals surface area contributed by atoms with E-state index in [2.05, 4.69) is 10.6 Å². The summed E-state index contributed by atoms with van der Waals surface area (Å²) >= 11 is 0. The number of hydrogen-bond donors (Lipinski definition) is 2. The molecule has 2 rings (SSSR count). The molecule has 0 aliphatic heterocycles. The van der Waals surface area contributed by atoms with Gasteiger partial charge in [0.05, 0.1) is 11.3 Å². The number of benzene rings is 2. The van der Waals surface area contributed by atoms with E-state index in [1.54, 1.807) is 31.3 Å². The van der Waals surface area contributed by atoms with Crippen molar-refractivity contribution in [2.75, 3.05) is 12.4 Å². The Balaban J connectivity index is 2.05. The number of para-hydroxylation sites is 1. The highest BCUT2D eigenvalue weighted by Gasteiger charge is 2.14. The molecule has 1 atom stereocenters. The Morgan fingerprint density at radius 3 is 2.32 bits per heavy atom. The number of amides is 2. The smallest absolute Gasteiger partial charge is 0.253 e. The van der Waals surface area contributed by atoms with Gasteiger partial charge in [-0.1, -0.05) is 49.4 Å². The van der Waals surface area contributed by atoms with E-state index in [4.69, 9.17) is 0 Å². The second kappa shape index (κ2) is 7.41. The lowest BCUT2D eigenvalue weighted by Crippen LogP contribution is -2.22. The van der Waals surface area contributed by atoms with Gasteiger partial charge in [0.15, 0.2) is 0 Å². The Hall–Kier alpha value is -2.62. The van der Waals surface area contributed by atoms with Gasteiger partial charge in [-0.15, -0.1) is 0 Å². The molecule has 0 heterocycles. The van der Waals surface area contributed by atoms with E-state index in [1.165, 1.54) is 0 Å². The molecule has 2 amide bonds. The van der Waals surface area contributed by atoms with Gasteiger partial charge in [-0.05, 0) is 23.6 Å². The summed E-state index contributed by atoms with van der Waals surface area (Å²) < 4.78 is 0. The first-order valence-electron chi connectivity index (χ1n) is 7.27. The van der Waals surface area contributed by atoms with Crippen molar-refractivity contribution in [3.05, 3.63) is 65.7 Å². The summed E-state index contributed by atoms with van der Waals surface area (Å²) in [6.07, 6.45) is 0.367. The monoisotopic (exact) mass is 296 g/mol. The summed E-state index contributed by atoms with van der Waals surface area (Å²) in [4.78, 5) is 24.0. The van der Waals surface area contributed by atoms with E-state index in [0.29, 0.717) is 17.7 Å². The third-order valence-electron chi connectivity index (χ3n) is 3.53. The molecule has 2 aromatic rings. The van der Waals surface area contributed by atoms with Crippen LogP contribution in [0.4, 0.5) is 5.69 Å². The van der Waals surface area contributed by atoms with E-state index >= 15 is 0 Å². The zero-order chi connectivity index (χ0) is 15.9.